The highest BCUT2D eigenvalue weighted by atomic mass is 79.9. The van der Waals surface area contributed by atoms with Gasteiger partial charge in [-0.3, -0.25) is 4.68 Å². The molecule has 3 N–H and O–H groups in total. The first-order chi connectivity index (χ1) is 8.56. The zero-order chi connectivity index (χ0) is 13.1. The SMILES string of the molecule is Cn1ccc(CCNc2cc(F)c(Br)cc2N)n1. The largest absolute Gasteiger partial charge is 0.397 e. The van der Waals surface area contributed by atoms with Gasteiger partial charge in [-0.2, -0.15) is 5.10 Å². The van der Waals surface area contributed by atoms with Gasteiger partial charge >= 0.3 is 0 Å². The molecule has 1 aromatic heterocycles. The molecular formula is C12H14BrFN4. The Balaban J connectivity index is 1.96. The Morgan fingerprint density at radius 3 is 2.94 bits per heavy atom. The summed E-state index contributed by atoms with van der Waals surface area (Å²) in [6.07, 6.45) is 2.65. The number of rotatable bonds is 4. The van der Waals surface area contributed by atoms with Crippen LogP contribution in [-0.2, 0) is 13.5 Å². The van der Waals surface area contributed by atoms with Crippen LogP contribution >= 0.6 is 15.9 Å². The van der Waals surface area contributed by atoms with Crippen molar-refractivity contribution in [2.75, 3.05) is 17.6 Å². The molecule has 0 atom stereocenters. The molecule has 0 amide bonds. The van der Waals surface area contributed by atoms with Gasteiger partial charge < -0.3 is 11.1 Å². The fourth-order valence-corrected chi connectivity index (χ4v) is 2.00. The van der Waals surface area contributed by atoms with Gasteiger partial charge in [-0.15, -0.1) is 0 Å². The van der Waals surface area contributed by atoms with Crippen molar-refractivity contribution >= 4 is 27.3 Å². The van der Waals surface area contributed by atoms with Crippen molar-refractivity contribution in [2.45, 2.75) is 6.42 Å². The third-order valence-corrected chi connectivity index (χ3v) is 3.17. The lowest BCUT2D eigenvalue weighted by molar-refractivity contribution is 0.622. The van der Waals surface area contributed by atoms with Gasteiger partial charge in [-0.25, -0.2) is 4.39 Å². The average Bonchev–Trinajstić information content (AvgIpc) is 2.71. The zero-order valence-corrected chi connectivity index (χ0v) is 11.5. The Labute approximate surface area is 113 Å². The van der Waals surface area contributed by atoms with Crippen LogP contribution in [0.5, 0.6) is 0 Å². The molecule has 0 saturated carbocycles. The van der Waals surface area contributed by atoms with Crippen molar-refractivity contribution in [1.29, 1.82) is 0 Å². The van der Waals surface area contributed by atoms with Gasteiger partial charge in [0.05, 0.1) is 21.5 Å². The molecule has 0 aliphatic carbocycles. The molecule has 1 heterocycles. The highest BCUT2D eigenvalue weighted by molar-refractivity contribution is 9.10. The number of aromatic nitrogens is 2. The van der Waals surface area contributed by atoms with Gasteiger partial charge in [-0.05, 0) is 28.1 Å². The molecule has 0 aliphatic rings. The van der Waals surface area contributed by atoms with E-state index in [1.165, 1.54) is 6.07 Å². The summed E-state index contributed by atoms with van der Waals surface area (Å²) in [5.74, 6) is -0.329. The highest BCUT2D eigenvalue weighted by Crippen LogP contribution is 2.26. The summed E-state index contributed by atoms with van der Waals surface area (Å²) in [6, 6.07) is 4.89. The van der Waals surface area contributed by atoms with Gasteiger partial charge in [-0.1, -0.05) is 0 Å². The van der Waals surface area contributed by atoms with Crippen LogP contribution < -0.4 is 11.1 Å². The standard InChI is InChI=1S/C12H14BrFN4/c1-18-5-3-8(17-18)2-4-16-12-7-10(14)9(13)6-11(12)15/h3,5-7,16H,2,4,15H2,1H3. The van der Waals surface area contributed by atoms with E-state index in [9.17, 15) is 4.39 Å². The molecule has 0 radical (unpaired) electrons. The van der Waals surface area contributed by atoms with Crippen LogP contribution in [0.25, 0.3) is 0 Å². The first-order valence-corrected chi connectivity index (χ1v) is 6.32. The van der Waals surface area contributed by atoms with Crippen LogP contribution in [0.4, 0.5) is 15.8 Å². The van der Waals surface area contributed by atoms with Gasteiger partial charge in [0, 0.05) is 32.3 Å². The molecule has 0 spiro atoms. The van der Waals surface area contributed by atoms with Crippen molar-refractivity contribution in [3.8, 4) is 0 Å². The molecule has 2 aromatic rings. The summed E-state index contributed by atoms with van der Waals surface area (Å²) in [7, 11) is 1.87. The normalized spacial score (nSPS) is 10.6. The van der Waals surface area contributed by atoms with Crippen molar-refractivity contribution in [3.05, 3.63) is 40.4 Å². The van der Waals surface area contributed by atoms with Crippen LogP contribution in [0, 0.1) is 5.82 Å². The summed E-state index contributed by atoms with van der Waals surface area (Å²) in [6.45, 7) is 0.655. The number of hydrogen-bond acceptors (Lipinski definition) is 3. The van der Waals surface area contributed by atoms with Crippen molar-refractivity contribution < 1.29 is 4.39 Å². The predicted octanol–water partition coefficient (Wildman–Crippen LogP) is 2.56. The quantitative estimate of drug-likeness (QED) is 0.853. The van der Waals surface area contributed by atoms with E-state index in [0.717, 1.165) is 12.1 Å². The van der Waals surface area contributed by atoms with E-state index in [1.54, 1.807) is 10.7 Å². The minimum absolute atomic E-state index is 0.329. The lowest BCUT2D eigenvalue weighted by atomic mass is 10.2. The second-order valence-electron chi connectivity index (χ2n) is 4.01. The van der Waals surface area contributed by atoms with Gasteiger partial charge in [0.25, 0.3) is 0 Å². The van der Waals surface area contributed by atoms with Crippen LogP contribution in [0.2, 0.25) is 0 Å². The molecule has 2 rings (SSSR count). The number of nitrogens with zero attached hydrogens (tertiary/aromatic N) is 2. The predicted molar refractivity (Wildman–Crippen MR) is 73.9 cm³/mol. The first-order valence-electron chi connectivity index (χ1n) is 5.53. The maximum Gasteiger partial charge on any atom is 0.139 e. The average molecular weight is 313 g/mol. The van der Waals surface area contributed by atoms with Gasteiger partial charge in [0.1, 0.15) is 5.82 Å². The van der Waals surface area contributed by atoms with E-state index in [0.29, 0.717) is 22.4 Å². The number of nitrogen functional groups attached to an aromatic ring is 1. The number of aryl methyl sites for hydroxylation is 1. The lowest BCUT2D eigenvalue weighted by Crippen LogP contribution is -2.08. The maximum atomic E-state index is 13.4. The van der Waals surface area contributed by atoms with E-state index < -0.39 is 0 Å². The number of halogens is 2. The third kappa shape index (κ3) is 3.01. The summed E-state index contributed by atoms with van der Waals surface area (Å²) >= 11 is 3.09. The molecule has 0 fully saturated rings. The minimum atomic E-state index is -0.329. The molecular weight excluding hydrogens is 299 g/mol. The van der Waals surface area contributed by atoms with Crippen LogP contribution in [0.3, 0.4) is 0 Å². The first kappa shape index (κ1) is 12.9. The number of nitrogens with one attached hydrogen (secondary N) is 1. The molecule has 0 aliphatic heterocycles. The smallest absolute Gasteiger partial charge is 0.139 e. The van der Waals surface area contributed by atoms with Gasteiger partial charge in [0.2, 0.25) is 0 Å². The summed E-state index contributed by atoms with van der Waals surface area (Å²) in [5, 5.41) is 7.36. The topological polar surface area (TPSA) is 55.9 Å². The van der Waals surface area contributed by atoms with Gasteiger partial charge in [0.15, 0.2) is 0 Å². The monoisotopic (exact) mass is 312 g/mol. The Hall–Kier alpha value is -1.56. The number of anilines is 2. The van der Waals surface area contributed by atoms with Crippen molar-refractivity contribution in [3.63, 3.8) is 0 Å². The Kier molecular flexibility index (Phi) is 3.86. The highest BCUT2D eigenvalue weighted by Gasteiger charge is 2.05. The summed E-state index contributed by atoms with van der Waals surface area (Å²) in [4.78, 5) is 0. The summed E-state index contributed by atoms with van der Waals surface area (Å²) < 4.78 is 15.5. The summed E-state index contributed by atoms with van der Waals surface area (Å²) in [5.41, 5.74) is 7.90. The number of nitrogens with two attached hydrogens (primary N) is 1. The van der Waals surface area contributed by atoms with E-state index in [-0.39, 0.29) is 5.82 Å². The van der Waals surface area contributed by atoms with E-state index in [4.69, 9.17) is 5.73 Å². The maximum absolute atomic E-state index is 13.4. The lowest BCUT2D eigenvalue weighted by Gasteiger charge is -2.09. The minimum Gasteiger partial charge on any atom is -0.397 e. The second-order valence-corrected chi connectivity index (χ2v) is 4.87. The molecule has 6 heteroatoms. The third-order valence-electron chi connectivity index (χ3n) is 2.56. The van der Waals surface area contributed by atoms with Crippen molar-refractivity contribution in [1.82, 2.24) is 9.78 Å². The molecule has 96 valence electrons. The Morgan fingerprint density at radius 2 is 2.28 bits per heavy atom. The van der Waals surface area contributed by atoms with Crippen molar-refractivity contribution in [2.24, 2.45) is 7.05 Å². The Bertz CT molecular complexity index is 553. The molecule has 0 bridgehead atoms. The number of benzene rings is 1. The fraction of sp³-hybridized carbons (Fsp3) is 0.250. The number of hydrogen-bond donors (Lipinski definition) is 2. The van der Waals surface area contributed by atoms with Crippen LogP contribution in [0.15, 0.2) is 28.9 Å². The molecule has 4 nitrogen and oxygen atoms in total. The zero-order valence-electron chi connectivity index (χ0n) is 9.95. The van der Waals surface area contributed by atoms with E-state index in [1.807, 2.05) is 19.3 Å². The Morgan fingerprint density at radius 1 is 1.50 bits per heavy atom. The molecule has 0 saturated heterocycles. The second kappa shape index (κ2) is 5.39. The van der Waals surface area contributed by atoms with Crippen LogP contribution in [0.1, 0.15) is 5.69 Å². The molecule has 0 unspecified atom stereocenters. The van der Waals surface area contributed by atoms with E-state index >= 15 is 0 Å². The fourth-order valence-electron chi connectivity index (χ4n) is 1.64. The van der Waals surface area contributed by atoms with E-state index in [2.05, 4.69) is 26.3 Å². The molecule has 1 aromatic carbocycles. The van der Waals surface area contributed by atoms with Crippen LogP contribution in [-0.4, -0.2) is 16.3 Å². The molecule has 18 heavy (non-hydrogen) atoms.